The van der Waals surface area contributed by atoms with Gasteiger partial charge in [-0.2, -0.15) is 5.26 Å². The lowest BCUT2D eigenvalue weighted by atomic mass is 9.76. The van der Waals surface area contributed by atoms with Crippen molar-refractivity contribution in [1.82, 2.24) is 35.1 Å². The van der Waals surface area contributed by atoms with E-state index in [1.165, 1.54) is 7.11 Å². The van der Waals surface area contributed by atoms with Crippen molar-refractivity contribution in [3.8, 4) is 39.7 Å². The molecule has 3 heterocycles. The molecule has 0 radical (unpaired) electrons. The summed E-state index contributed by atoms with van der Waals surface area (Å²) in [5.74, 6) is 0.754. The molecule has 7 rings (SSSR count). The average molecular weight is 689 g/mol. The number of carbonyl (C=O) groups is 3. The smallest absolute Gasteiger partial charge is 0.407 e. The fraction of sp³-hybridized carbons (Fsp3) is 0.297. The number of hydrogen-bond donors (Lipinski definition) is 3. The minimum atomic E-state index is -0.764. The van der Waals surface area contributed by atoms with E-state index in [9.17, 15) is 19.6 Å². The Morgan fingerprint density at radius 3 is 2.34 bits per heavy atom. The number of methoxy groups -OCH3 is 1. The number of aromatic nitrogens is 4. The van der Waals surface area contributed by atoms with Crippen molar-refractivity contribution >= 4 is 38.4 Å². The first-order chi connectivity index (χ1) is 24.1. The van der Waals surface area contributed by atoms with Crippen molar-refractivity contribution < 1.29 is 19.1 Å². The van der Waals surface area contributed by atoms with Crippen LogP contribution in [0.15, 0.2) is 73.1 Å². The molecular weight excluding hydrogens is 651 g/mol. The molecule has 1 saturated carbocycles. The van der Waals surface area contributed by atoms with Crippen LogP contribution in [-0.4, -0.2) is 80.0 Å². The number of rotatable bonds is 11. The fourth-order valence-electron chi connectivity index (χ4n) is 6.47. The van der Waals surface area contributed by atoms with Crippen LogP contribution >= 0.6 is 9.24 Å². The molecule has 12 nitrogen and oxygen atoms in total. The lowest BCUT2D eigenvalue weighted by Crippen LogP contribution is -2.62. The van der Waals surface area contributed by atoms with E-state index < -0.39 is 11.6 Å². The molecule has 1 aliphatic carbocycles. The molecule has 0 bridgehead atoms. The number of aromatic amines is 2. The number of fused-ring (bicyclic) bond motifs is 1. The Hall–Kier alpha value is -5.53. The Kier molecular flexibility index (Phi) is 8.62. The van der Waals surface area contributed by atoms with Crippen LogP contribution < -0.4 is 5.32 Å². The average Bonchev–Trinajstić information content (AvgIpc) is 3.47. The van der Waals surface area contributed by atoms with Crippen molar-refractivity contribution in [2.45, 2.75) is 37.0 Å². The summed E-state index contributed by atoms with van der Waals surface area (Å²) in [5, 5.41) is 14.2. The van der Waals surface area contributed by atoms with Gasteiger partial charge in [-0.3, -0.25) is 9.59 Å². The number of imidazole rings is 2. The molecule has 13 heteroatoms. The van der Waals surface area contributed by atoms with E-state index in [1.54, 1.807) is 22.2 Å². The summed E-state index contributed by atoms with van der Waals surface area (Å²) in [7, 11) is 4.12. The van der Waals surface area contributed by atoms with Gasteiger partial charge in [0, 0.05) is 23.8 Å². The molecule has 3 atom stereocenters. The van der Waals surface area contributed by atoms with Crippen LogP contribution in [0.4, 0.5) is 4.79 Å². The van der Waals surface area contributed by atoms with Crippen molar-refractivity contribution in [3.63, 3.8) is 0 Å². The molecule has 0 spiro atoms. The maximum Gasteiger partial charge on any atom is 0.407 e. The third-order valence-electron chi connectivity index (χ3n) is 9.96. The van der Waals surface area contributed by atoms with Crippen molar-refractivity contribution in [1.29, 1.82) is 5.26 Å². The number of benzene rings is 3. The van der Waals surface area contributed by atoms with Gasteiger partial charge in [-0.25, -0.2) is 14.8 Å². The first-order valence-electron chi connectivity index (χ1n) is 16.4. The maximum absolute atomic E-state index is 13.0. The quantitative estimate of drug-likeness (QED) is 0.127. The Morgan fingerprint density at radius 2 is 1.66 bits per heavy atom. The monoisotopic (exact) mass is 688 g/mol. The largest absolute Gasteiger partial charge is 0.453 e. The Morgan fingerprint density at radius 1 is 1.02 bits per heavy atom. The Labute approximate surface area is 291 Å². The summed E-state index contributed by atoms with van der Waals surface area (Å²) in [6.07, 6.45) is 5.71. The number of alkyl carbamates (subject to hydrolysis) is 1. The van der Waals surface area contributed by atoms with Crippen LogP contribution in [0.2, 0.25) is 0 Å². The van der Waals surface area contributed by atoms with Crippen LogP contribution in [0.25, 0.3) is 44.4 Å². The van der Waals surface area contributed by atoms with Gasteiger partial charge in [-0.15, -0.1) is 9.24 Å². The van der Waals surface area contributed by atoms with Gasteiger partial charge < -0.3 is 29.8 Å². The highest BCUT2D eigenvalue weighted by Gasteiger charge is 2.53. The van der Waals surface area contributed by atoms with Crippen LogP contribution in [0, 0.1) is 17.2 Å². The molecule has 1 aliphatic heterocycles. The van der Waals surface area contributed by atoms with Gasteiger partial charge in [0.2, 0.25) is 12.3 Å². The summed E-state index contributed by atoms with van der Waals surface area (Å²) >= 11 is 0. The predicted molar refractivity (Wildman–Crippen MR) is 191 cm³/mol. The van der Waals surface area contributed by atoms with Crippen LogP contribution in [0.5, 0.6) is 0 Å². The molecule has 3 amide bonds. The van der Waals surface area contributed by atoms with E-state index in [0.29, 0.717) is 31.3 Å². The fourth-order valence-corrected chi connectivity index (χ4v) is 6.83. The molecule has 5 aromatic rings. The van der Waals surface area contributed by atoms with Gasteiger partial charge in [0.25, 0.3) is 0 Å². The topological polar surface area (TPSA) is 160 Å². The lowest BCUT2D eigenvalue weighted by molar-refractivity contribution is -0.138. The summed E-state index contributed by atoms with van der Waals surface area (Å²) in [6, 6.07) is 23.1. The summed E-state index contributed by atoms with van der Waals surface area (Å²) in [6.45, 7) is 2.98. The highest BCUT2D eigenvalue weighted by Crippen LogP contribution is 2.45. The van der Waals surface area contributed by atoms with Crippen LogP contribution in [-0.2, 0) is 26.4 Å². The standard InChI is InChI=1S/C37H37N8O4P/c1-36(29(15-38)19-45(36)22-46)34-40-17-30(43-34)24-5-3-23(4-6-24)25-7-8-27-14-28(10-9-26(27)13-25)31-16-39-32(42-31)20-44(21-37(50)11-12-37)33(47)18-41-35(48)49-2/h3-10,13-14,16-17,22,29H,11-12,18-21,50H2,1-2H3,(H,39,42)(H,40,43)(H,41,48)/t29-,36?/m1/s1. The number of H-pyrrole nitrogens is 2. The van der Waals surface area contributed by atoms with Gasteiger partial charge in [-0.05, 0) is 59.4 Å². The van der Waals surface area contributed by atoms with Crippen molar-refractivity contribution in [3.05, 3.63) is 84.7 Å². The Balaban J connectivity index is 1.04. The van der Waals surface area contributed by atoms with E-state index in [4.69, 9.17) is 0 Å². The number of nitrogens with one attached hydrogen (secondary N) is 3. The zero-order chi connectivity index (χ0) is 35.0. The first-order valence-corrected chi connectivity index (χ1v) is 16.9. The molecule has 1 saturated heterocycles. The molecule has 2 aliphatic rings. The highest BCUT2D eigenvalue weighted by molar-refractivity contribution is 7.19. The second-order valence-corrected chi connectivity index (χ2v) is 14.5. The normalized spacial score (nSPS) is 18.9. The number of carbonyl (C=O) groups excluding carboxylic acids is 3. The number of likely N-dealkylation sites (tertiary alicyclic amines) is 1. The van der Waals surface area contributed by atoms with E-state index in [0.717, 1.165) is 63.7 Å². The van der Waals surface area contributed by atoms with Crippen LogP contribution in [0.3, 0.4) is 0 Å². The minimum absolute atomic E-state index is 0.0121. The number of amides is 3. The van der Waals surface area contributed by atoms with E-state index in [1.807, 2.05) is 19.1 Å². The summed E-state index contributed by atoms with van der Waals surface area (Å²) in [4.78, 5) is 55.2. The third-order valence-corrected chi connectivity index (χ3v) is 10.7. The van der Waals surface area contributed by atoms with E-state index >= 15 is 0 Å². The second-order valence-electron chi connectivity index (χ2n) is 13.3. The lowest BCUT2D eigenvalue weighted by Gasteiger charge is -2.50. The summed E-state index contributed by atoms with van der Waals surface area (Å²) in [5.41, 5.74) is 5.00. The molecule has 3 N–H and O–H groups in total. The van der Waals surface area contributed by atoms with Gasteiger partial charge in [0.15, 0.2) is 0 Å². The second kappa shape index (κ2) is 13.1. The van der Waals surface area contributed by atoms with Gasteiger partial charge in [0.1, 0.15) is 23.7 Å². The molecule has 2 unspecified atom stereocenters. The highest BCUT2D eigenvalue weighted by atomic mass is 31.0. The zero-order valence-electron chi connectivity index (χ0n) is 27.8. The van der Waals surface area contributed by atoms with Gasteiger partial charge in [0.05, 0.1) is 49.4 Å². The van der Waals surface area contributed by atoms with Gasteiger partial charge in [-0.1, -0.05) is 48.5 Å². The Bertz CT molecular complexity index is 2130. The summed E-state index contributed by atoms with van der Waals surface area (Å²) < 4.78 is 4.61. The predicted octanol–water partition coefficient (Wildman–Crippen LogP) is 5.21. The number of hydrogen-bond acceptors (Lipinski definition) is 7. The molecule has 2 aromatic heterocycles. The third kappa shape index (κ3) is 6.32. The SMILES string of the molecule is COC(=O)NCC(=O)N(Cc1ncc(-c2ccc3cc(-c4ccc(-c5cnc(C6(C)[C@H](C#N)CN6C=O)[nH]5)cc4)ccc3c2)[nH]1)CC1(P)CC1. The first kappa shape index (κ1) is 33.0. The molecule has 2 fully saturated rings. The molecule has 254 valence electrons. The molecular formula is C37H37N8O4P. The number of ether oxygens (including phenoxy) is 1. The van der Waals surface area contributed by atoms with E-state index in [-0.39, 0.29) is 23.5 Å². The minimum Gasteiger partial charge on any atom is -0.453 e. The van der Waals surface area contributed by atoms with Crippen LogP contribution in [0.1, 0.15) is 31.4 Å². The molecule has 50 heavy (non-hydrogen) atoms. The number of nitrogens with zero attached hydrogens (tertiary/aromatic N) is 5. The van der Waals surface area contributed by atoms with Gasteiger partial charge >= 0.3 is 6.09 Å². The van der Waals surface area contributed by atoms with E-state index in [2.05, 4.69) is 93.8 Å². The number of nitriles is 1. The maximum atomic E-state index is 13.0. The zero-order valence-corrected chi connectivity index (χ0v) is 28.9. The van der Waals surface area contributed by atoms with Crippen molar-refractivity contribution in [2.24, 2.45) is 5.92 Å². The molecule has 3 aromatic carbocycles. The van der Waals surface area contributed by atoms with Crippen molar-refractivity contribution in [2.75, 3.05) is 26.7 Å².